The second-order valence-electron chi connectivity index (χ2n) is 6.54. The Hall–Kier alpha value is -1.07. The van der Waals surface area contributed by atoms with E-state index in [0.717, 1.165) is 39.1 Å². The van der Waals surface area contributed by atoms with Gasteiger partial charge in [-0.05, 0) is 35.8 Å². The highest BCUT2D eigenvalue weighted by atomic mass is 32.2. The first-order chi connectivity index (χ1) is 12.7. The summed E-state index contributed by atoms with van der Waals surface area (Å²) >= 11 is 1.74. The molecule has 2 aliphatic rings. The molecule has 0 saturated carbocycles. The van der Waals surface area contributed by atoms with Crippen LogP contribution in [0, 0.1) is 0 Å². The van der Waals surface area contributed by atoms with Gasteiger partial charge in [-0.25, -0.2) is 0 Å². The van der Waals surface area contributed by atoms with Gasteiger partial charge in [0.05, 0.1) is 18.8 Å². The Balaban J connectivity index is 0.00000117. The largest absolute Gasteiger partial charge is 0.379 e. The van der Waals surface area contributed by atoms with Gasteiger partial charge in [0.15, 0.2) is 0 Å². The molecule has 3 rings (SSSR count). The number of hydrogen-bond donors (Lipinski definition) is 0. The zero-order chi connectivity index (χ0) is 19.0. The summed E-state index contributed by atoms with van der Waals surface area (Å²) in [5.74, 6) is 0. The van der Waals surface area contributed by atoms with E-state index in [9.17, 15) is 0 Å². The zero-order valence-electron chi connectivity index (χ0n) is 16.7. The molecule has 0 atom stereocenters. The summed E-state index contributed by atoms with van der Waals surface area (Å²) in [5.41, 5.74) is 2.73. The van der Waals surface area contributed by atoms with Gasteiger partial charge in [0.1, 0.15) is 0 Å². The Kier molecular flexibility index (Phi) is 8.42. The van der Waals surface area contributed by atoms with Crippen molar-refractivity contribution >= 4 is 11.8 Å². The third kappa shape index (κ3) is 5.01. The van der Waals surface area contributed by atoms with Crippen LogP contribution in [0.4, 0.5) is 0 Å². The second kappa shape index (κ2) is 10.3. The van der Waals surface area contributed by atoms with E-state index in [0.29, 0.717) is 6.61 Å². The first kappa shape index (κ1) is 21.2. The van der Waals surface area contributed by atoms with E-state index in [1.54, 1.807) is 18.9 Å². The minimum absolute atomic E-state index is 0.0495. The van der Waals surface area contributed by atoms with E-state index in [-0.39, 0.29) is 5.60 Å². The van der Waals surface area contributed by atoms with Crippen LogP contribution in [-0.2, 0) is 21.7 Å². The summed E-state index contributed by atoms with van der Waals surface area (Å²) in [7, 11) is 1.73. The summed E-state index contributed by atoms with van der Waals surface area (Å²) in [6.07, 6.45) is 4.24. The Morgan fingerprint density at radius 1 is 1.31 bits per heavy atom. The van der Waals surface area contributed by atoms with E-state index in [1.807, 2.05) is 20.8 Å². The molecule has 1 fully saturated rings. The highest BCUT2D eigenvalue weighted by molar-refractivity contribution is 8.06. The van der Waals surface area contributed by atoms with Crippen LogP contribution < -0.4 is 0 Å². The molecule has 4 heteroatoms. The number of allylic oxidation sites excluding steroid dienone is 1. The lowest BCUT2D eigenvalue weighted by Crippen LogP contribution is -2.42. The molecular weight excluding hydrogens is 342 g/mol. The maximum atomic E-state index is 6.24. The minimum atomic E-state index is -0.0495. The van der Waals surface area contributed by atoms with Gasteiger partial charge in [0.2, 0.25) is 0 Å². The molecule has 144 valence electrons. The van der Waals surface area contributed by atoms with Crippen molar-refractivity contribution in [1.82, 2.24) is 4.90 Å². The molecule has 0 aromatic heterocycles. The van der Waals surface area contributed by atoms with E-state index < -0.39 is 0 Å². The van der Waals surface area contributed by atoms with Gasteiger partial charge < -0.3 is 9.47 Å². The molecule has 0 unspecified atom stereocenters. The Bertz CT molecular complexity index is 618. The van der Waals surface area contributed by atoms with Crippen LogP contribution in [0.25, 0.3) is 0 Å². The summed E-state index contributed by atoms with van der Waals surface area (Å²) in [6.45, 7) is 14.8. The van der Waals surface area contributed by atoms with Gasteiger partial charge in [0, 0.05) is 31.6 Å². The normalized spacial score (nSPS) is 19.0. The summed E-state index contributed by atoms with van der Waals surface area (Å²) < 4.78 is 11.5. The molecule has 1 spiro atoms. The topological polar surface area (TPSA) is 21.7 Å². The lowest BCUT2D eigenvalue weighted by Gasteiger charge is -2.39. The fourth-order valence-electron chi connectivity index (χ4n) is 3.65. The molecule has 0 radical (unpaired) electrons. The standard InChI is InChI=1S/C20H27NO2S.C2H6/c1-4-18(15-22-3)24-16(2)13-21-11-9-20(10-12-21)19-8-6-5-7-17(19)14-23-20;1-2/h4-8H,2,9-15H2,1,3H3;1-2H3/b18-4-;. The van der Waals surface area contributed by atoms with E-state index >= 15 is 0 Å². The monoisotopic (exact) mass is 375 g/mol. The van der Waals surface area contributed by atoms with Crippen molar-refractivity contribution in [1.29, 1.82) is 0 Å². The molecular formula is C22H33NO2S. The number of thioether (sulfide) groups is 1. The van der Waals surface area contributed by atoms with Crippen LogP contribution in [0.5, 0.6) is 0 Å². The van der Waals surface area contributed by atoms with Crippen molar-refractivity contribution in [3.63, 3.8) is 0 Å². The minimum Gasteiger partial charge on any atom is -0.379 e. The predicted molar refractivity (Wildman–Crippen MR) is 112 cm³/mol. The Labute approximate surface area is 163 Å². The molecule has 0 aliphatic carbocycles. The number of piperidine rings is 1. The lowest BCUT2D eigenvalue weighted by molar-refractivity contribution is -0.0774. The molecule has 1 saturated heterocycles. The van der Waals surface area contributed by atoms with Crippen LogP contribution in [0.2, 0.25) is 0 Å². The zero-order valence-corrected chi connectivity index (χ0v) is 17.5. The van der Waals surface area contributed by atoms with Crippen molar-refractivity contribution in [2.45, 2.75) is 45.8 Å². The van der Waals surface area contributed by atoms with Gasteiger partial charge in [-0.2, -0.15) is 0 Å². The van der Waals surface area contributed by atoms with Crippen molar-refractivity contribution in [2.24, 2.45) is 0 Å². The number of nitrogens with zero attached hydrogens (tertiary/aromatic N) is 1. The van der Waals surface area contributed by atoms with E-state index in [2.05, 4.69) is 41.8 Å². The van der Waals surface area contributed by atoms with E-state index in [4.69, 9.17) is 9.47 Å². The second-order valence-corrected chi connectivity index (χ2v) is 7.85. The average Bonchev–Trinajstić information content (AvgIpc) is 3.04. The van der Waals surface area contributed by atoms with Crippen LogP contribution in [-0.4, -0.2) is 38.3 Å². The third-order valence-electron chi connectivity index (χ3n) is 4.96. The maximum absolute atomic E-state index is 6.24. The Morgan fingerprint density at radius 2 is 2.00 bits per heavy atom. The van der Waals surface area contributed by atoms with Gasteiger partial charge >= 0.3 is 0 Å². The number of fused-ring (bicyclic) bond motifs is 2. The molecule has 0 amide bonds. The molecule has 3 nitrogen and oxygen atoms in total. The smallest absolute Gasteiger partial charge is 0.0963 e. The molecule has 2 aliphatic heterocycles. The number of rotatable bonds is 6. The number of methoxy groups -OCH3 is 1. The Morgan fingerprint density at radius 3 is 2.65 bits per heavy atom. The number of hydrogen-bond acceptors (Lipinski definition) is 4. The van der Waals surface area contributed by atoms with E-state index in [1.165, 1.54) is 20.9 Å². The van der Waals surface area contributed by atoms with Crippen molar-refractivity contribution in [2.75, 3.05) is 33.4 Å². The van der Waals surface area contributed by atoms with Crippen LogP contribution in [0.1, 0.15) is 44.7 Å². The number of benzene rings is 1. The summed E-state index contributed by atoms with van der Waals surface area (Å²) in [4.78, 5) is 4.90. The van der Waals surface area contributed by atoms with Crippen LogP contribution in [0.15, 0.2) is 46.7 Å². The highest BCUT2D eigenvalue weighted by Crippen LogP contribution is 2.44. The molecule has 26 heavy (non-hydrogen) atoms. The molecule has 1 aromatic rings. The third-order valence-corrected chi connectivity index (χ3v) is 5.99. The fraction of sp³-hybridized carbons (Fsp3) is 0.545. The fourth-order valence-corrected chi connectivity index (χ4v) is 4.56. The van der Waals surface area contributed by atoms with Crippen molar-refractivity contribution in [3.8, 4) is 0 Å². The van der Waals surface area contributed by atoms with Gasteiger partial charge in [-0.15, -0.1) is 0 Å². The SMILES string of the molecule is C=C(CN1CCC2(CC1)OCc1ccccc12)S/C(=C\C)COC.CC. The average molecular weight is 376 g/mol. The molecule has 2 heterocycles. The van der Waals surface area contributed by atoms with Gasteiger partial charge in [0.25, 0.3) is 0 Å². The predicted octanol–water partition coefficient (Wildman–Crippen LogP) is 5.33. The van der Waals surface area contributed by atoms with Crippen molar-refractivity contribution in [3.05, 3.63) is 57.9 Å². The molecule has 0 bridgehead atoms. The lowest BCUT2D eigenvalue weighted by atomic mass is 9.84. The van der Waals surface area contributed by atoms with Gasteiger partial charge in [-0.1, -0.05) is 62.5 Å². The molecule has 0 N–H and O–H groups in total. The number of ether oxygens (including phenoxy) is 2. The first-order valence-electron chi connectivity index (χ1n) is 9.61. The number of likely N-dealkylation sites (tertiary alicyclic amines) is 1. The molecule has 1 aromatic carbocycles. The highest BCUT2D eigenvalue weighted by Gasteiger charge is 2.42. The maximum Gasteiger partial charge on any atom is 0.0963 e. The quantitative estimate of drug-likeness (QED) is 0.670. The van der Waals surface area contributed by atoms with Crippen molar-refractivity contribution < 1.29 is 9.47 Å². The van der Waals surface area contributed by atoms with Crippen LogP contribution in [0.3, 0.4) is 0 Å². The summed E-state index contributed by atoms with van der Waals surface area (Å²) in [5, 5.41) is 0. The van der Waals surface area contributed by atoms with Gasteiger partial charge in [-0.3, -0.25) is 4.90 Å². The summed E-state index contributed by atoms with van der Waals surface area (Å²) in [6, 6.07) is 8.68. The van der Waals surface area contributed by atoms with Crippen LogP contribution >= 0.6 is 11.8 Å². The first-order valence-corrected chi connectivity index (χ1v) is 10.4.